The highest BCUT2D eigenvalue weighted by Crippen LogP contribution is 2.24. The molecule has 0 spiro atoms. The Morgan fingerprint density at radius 2 is 1.59 bits per heavy atom. The van der Waals surface area contributed by atoms with Crippen LogP contribution in [0.25, 0.3) is 0 Å². The van der Waals surface area contributed by atoms with Crippen molar-refractivity contribution in [3.63, 3.8) is 0 Å². The van der Waals surface area contributed by atoms with Gasteiger partial charge >= 0.3 is 0 Å². The molecule has 3 aromatic carbocycles. The van der Waals surface area contributed by atoms with Crippen LogP contribution in [0.5, 0.6) is 5.75 Å². The quantitative estimate of drug-likeness (QED) is 0.472. The summed E-state index contributed by atoms with van der Waals surface area (Å²) in [7, 11) is -0.935. The monoisotopic (exact) mass is 489 g/mol. The molecule has 8 nitrogen and oxygen atoms in total. The van der Waals surface area contributed by atoms with Gasteiger partial charge in [0.1, 0.15) is 17.4 Å². The first-order valence-electron chi connectivity index (χ1n) is 9.88. The van der Waals surface area contributed by atoms with Crippen LogP contribution >= 0.6 is 0 Å². The third-order valence-electron chi connectivity index (χ3n) is 4.80. The first-order valence-corrected chi connectivity index (χ1v) is 11.3. The normalized spacial score (nSPS) is 11.3. The number of nitrogens with one attached hydrogen (secondary N) is 2. The van der Waals surface area contributed by atoms with Crippen LogP contribution in [0, 0.1) is 11.6 Å². The number of sulfonamides is 1. The lowest BCUT2D eigenvalue weighted by molar-refractivity contribution is 0.0947. The van der Waals surface area contributed by atoms with Crippen LogP contribution in [0.3, 0.4) is 0 Å². The molecule has 0 heterocycles. The number of hydrogen-bond donors (Lipinski definition) is 3. The summed E-state index contributed by atoms with van der Waals surface area (Å²) in [6.45, 7) is -0.120. The largest absolute Gasteiger partial charge is 0.507 e. The number of aromatic hydroxyl groups is 1. The third-order valence-corrected chi connectivity index (χ3v) is 6.71. The molecule has 0 saturated carbocycles. The molecular formula is C23H21F2N3O5S. The molecule has 0 saturated heterocycles. The van der Waals surface area contributed by atoms with E-state index in [2.05, 4.69) is 10.6 Å². The lowest BCUT2D eigenvalue weighted by Crippen LogP contribution is -2.27. The average molecular weight is 490 g/mol. The van der Waals surface area contributed by atoms with Crippen molar-refractivity contribution in [3.05, 3.63) is 89.0 Å². The van der Waals surface area contributed by atoms with Crippen molar-refractivity contribution in [2.24, 2.45) is 0 Å². The molecule has 0 aliphatic heterocycles. The van der Waals surface area contributed by atoms with Crippen LogP contribution in [0.1, 0.15) is 26.3 Å². The number of nitrogens with zero attached hydrogens (tertiary/aromatic N) is 1. The van der Waals surface area contributed by atoms with Gasteiger partial charge in [-0.3, -0.25) is 9.59 Å². The smallest absolute Gasteiger partial charge is 0.255 e. The molecule has 178 valence electrons. The number of phenols is 1. The molecule has 0 bridgehead atoms. The van der Waals surface area contributed by atoms with E-state index in [1.807, 2.05) is 0 Å². The third kappa shape index (κ3) is 5.56. The molecule has 3 N–H and O–H groups in total. The number of halogens is 2. The molecule has 0 unspecified atom stereocenters. The topological polar surface area (TPSA) is 116 Å². The van der Waals surface area contributed by atoms with Gasteiger partial charge in [-0.2, -0.15) is 0 Å². The van der Waals surface area contributed by atoms with E-state index in [-0.39, 0.29) is 28.3 Å². The molecule has 0 aliphatic rings. The summed E-state index contributed by atoms with van der Waals surface area (Å²) in [5.74, 6) is -3.79. The summed E-state index contributed by atoms with van der Waals surface area (Å²) in [6.07, 6.45) is 0. The van der Waals surface area contributed by atoms with Crippen molar-refractivity contribution < 1.29 is 31.9 Å². The van der Waals surface area contributed by atoms with E-state index in [4.69, 9.17) is 0 Å². The van der Waals surface area contributed by atoms with Crippen LogP contribution in [-0.4, -0.2) is 43.7 Å². The Morgan fingerprint density at radius 3 is 2.21 bits per heavy atom. The number of anilines is 1. The predicted molar refractivity (Wildman–Crippen MR) is 121 cm³/mol. The second-order valence-corrected chi connectivity index (χ2v) is 9.54. The lowest BCUT2D eigenvalue weighted by atomic mass is 10.1. The number of benzene rings is 3. The molecule has 3 rings (SSSR count). The van der Waals surface area contributed by atoms with Crippen molar-refractivity contribution >= 4 is 27.5 Å². The molecule has 11 heteroatoms. The highest BCUT2D eigenvalue weighted by Gasteiger charge is 2.21. The van der Waals surface area contributed by atoms with Gasteiger partial charge < -0.3 is 15.7 Å². The maximum atomic E-state index is 13.3. The van der Waals surface area contributed by atoms with Gasteiger partial charge in [0, 0.05) is 44.0 Å². The minimum absolute atomic E-state index is 0.0383. The average Bonchev–Trinajstić information content (AvgIpc) is 2.77. The fraction of sp³-hybridized carbons (Fsp3) is 0.130. The molecule has 34 heavy (non-hydrogen) atoms. The standard InChI is InChI=1S/C23H21F2N3O5S/c1-28(2)34(32,33)21-6-4-3-5-14(21)13-26-23(31)19-8-7-18(12-20(19)29)27-22(30)15-9-16(24)11-17(25)10-15/h3-12,29H,13H2,1-2H3,(H,26,31)(H,27,30). The summed E-state index contributed by atoms with van der Waals surface area (Å²) in [4.78, 5) is 24.8. The van der Waals surface area contributed by atoms with Gasteiger partial charge in [-0.25, -0.2) is 21.5 Å². The summed E-state index contributed by atoms with van der Waals surface area (Å²) in [5.41, 5.74) is 0.0642. The molecule has 0 radical (unpaired) electrons. The highest BCUT2D eigenvalue weighted by atomic mass is 32.2. The summed E-state index contributed by atoms with van der Waals surface area (Å²) < 4.78 is 52.7. The predicted octanol–water partition coefficient (Wildman–Crippen LogP) is 3.10. The fourth-order valence-corrected chi connectivity index (χ4v) is 4.17. The fourth-order valence-electron chi connectivity index (χ4n) is 3.06. The van der Waals surface area contributed by atoms with Crippen LogP contribution in [-0.2, 0) is 16.6 Å². The number of carbonyl (C=O) groups excluding carboxylic acids is 2. The van der Waals surface area contributed by atoms with Gasteiger partial charge in [0.15, 0.2) is 0 Å². The maximum absolute atomic E-state index is 13.3. The molecule has 3 aromatic rings. The van der Waals surface area contributed by atoms with E-state index in [1.165, 1.54) is 32.3 Å². The Morgan fingerprint density at radius 1 is 0.941 bits per heavy atom. The van der Waals surface area contributed by atoms with Gasteiger partial charge in [-0.1, -0.05) is 18.2 Å². The Balaban J connectivity index is 1.72. The summed E-state index contributed by atoms with van der Waals surface area (Å²) >= 11 is 0. The minimum atomic E-state index is -3.73. The molecule has 2 amide bonds. The first kappa shape index (κ1) is 24.8. The molecule has 0 aromatic heterocycles. The SMILES string of the molecule is CN(C)S(=O)(=O)c1ccccc1CNC(=O)c1ccc(NC(=O)c2cc(F)cc(F)c2)cc1O. The summed E-state index contributed by atoms with van der Waals surface area (Å²) in [6, 6.07) is 12.2. The van der Waals surface area contributed by atoms with Gasteiger partial charge in [-0.15, -0.1) is 0 Å². The van der Waals surface area contributed by atoms with Gasteiger partial charge in [0.05, 0.1) is 10.5 Å². The van der Waals surface area contributed by atoms with Crippen LogP contribution < -0.4 is 10.6 Å². The first-order chi connectivity index (χ1) is 16.0. The number of rotatable bonds is 7. The lowest BCUT2D eigenvalue weighted by Gasteiger charge is -2.15. The van der Waals surface area contributed by atoms with Gasteiger partial charge in [0.25, 0.3) is 11.8 Å². The second kappa shape index (κ2) is 9.98. The molecule has 0 atom stereocenters. The van der Waals surface area contributed by atoms with Crippen molar-refractivity contribution in [2.75, 3.05) is 19.4 Å². The van der Waals surface area contributed by atoms with Gasteiger partial charge in [0.2, 0.25) is 10.0 Å². The maximum Gasteiger partial charge on any atom is 0.255 e. The number of hydrogen-bond acceptors (Lipinski definition) is 5. The molecule has 0 fully saturated rings. The minimum Gasteiger partial charge on any atom is -0.507 e. The van der Waals surface area contributed by atoms with E-state index >= 15 is 0 Å². The highest BCUT2D eigenvalue weighted by molar-refractivity contribution is 7.89. The number of carbonyl (C=O) groups is 2. The Kier molecular flexibility index (Phi) is 7.28. The van der Waals surface area contributed by atoms with Crippen LogP contribution in [0.15, 0.2) is 65.6 Å². The van der Waals surface area contributed by atoms with Crippen molar-refractivity contribution in [1.29, 1.82) is 0 Å². The van der Waals surface area contributed by atoms with E-state index < -0.39 is 39.2 Å². The van der Waals surface area contributed by atoms with E-state index in [0.717, 1.165) is 22.5 Å². The number of phenolic OH excluding ortho intramolecular Hbond substituents is 1. The molecule has 0 aliphatic carbocycles. The Bertz CT molecular complexity index is 1340. The zero-order valence-corrected chi connectivity index (χ0v) is 19.0. The van der Waals surface area contributed by atoms with Crippen LogP contribution in [0.4, 0.5) is 14.5 Å². The van der Waals surface area contributed by atoms with Crippen molar-refractivity contribution in [3.8, 4) is 5.75 Å². The molecular weight excluding hydrogens is 468 g/mol. The Hall–Kier alpha value is -3.83. The zero-order valence-electron chi connectivity index (χ0n) is 18.2. The van der Waals surface area contributed by atoms with Crippen LogP contribution in [0.2, 0.25) is 0 Å². The zero-order chi connectivity index (χ0) is 25.0. The van der Waals surface area contributed by atoms with Crippen molar-refractivity contribution in [2.45, 2.75) is 11.4 Å². The second-order valence-electron chi connectivity index (χ2n) is 7.42. The summed E-state index contributed by atoms with van der Waals surface area (Å²) in [5, 5.41) is 15.2. The van der Waals surface area contributed by atoms with Crippen molar-refractivity contribution in [1.82, 2.24) is 9.62 Å². The van der Waals surface area contributed by atoms with E-state index in [0.29, 0.717) is 11.6 Å². The van der Waals surface area contributed by atoms with E-state index in [9.17, 15) is 31.9 Å². The Labute approximate surface area is 194 Å². The van der Waals surface area contributed by atoms with E-state index in [1.54, 1.807) is 18.2 Å². The number of amides is 2. The van der Waals surface area contributed by atoms with Gasteiger partial charge in [-0.05, 0) is 35.9 Å².